The first-order valence-corrected chi connectivity index (χ1v) is 7.16. The van der Waals surface area contributed by atoms with Gasteiger partial charge < -0.3 is 5.32 Å². The number of hydrogen-bond donors (Lipinski definition) is 1. The minimum absolute atomic E-state index is 0.0126. The molecule has 0 aromatic heterocycles. The fraction of sp³-hybridized carbons (Fsp3) is 0.417. The molecule has 0 amide bonds. The number of rotatable bonds is 1. The fourth-order valence-electron chi connectivity index (χ4n) is 1.55. The summed E-state index contributed by atoms with van der Waals surface area (Å²) in [4.78, 5) is 4.64. The second-order valence-electron chi connectivity index (χ2n) is 4.55. The summed E-state index contributed by atoms with van der Waals surface area (Å²) in [5.41, 5.74) is 0.723. The lowest BCUT2D eigenvalue weighted by molar-refractivity contribution is 0.507. The van der Waals surface area contributed by atoms with E-state index in [0.29, 0.717) is 10.0 Å². The molecule has 1 aromatic carbocycles. The highest BCUT2D eigenvalue weighted by Crippen LogP contribution is 2.33. The summed E-state index contributed by atoms with van der Waals surface area (Å²) in [5, 5.41) is 5.34. The van der Waals surface area contributed by atoms with E-state index in [2.05, 4.69) is 24.2 Å². The first-order chi connectivity index (χ1) is 7.98. The van der Waals surface area contributed by atoms with Gasteiger partial charge in [0.15, 0.2) is 5.17 Å². The van der Waals surface area contributed by atoms with Crippen LogP contribution >= 0.6 is 35.0 Å². The molecule has 0 bridgehead atoms. The van der Waals surface area contributed by atoms with E-state index in [1.165, 1.54) is 0 Å². The first-order valence-electron chi connectivity index (χ1n) is 5.42. The number of hydrogen-bond acceptors (Lipinski definition) is 3. The number of benzene rings is 1. The van der Waals surface area contributed by atoms with Crippen LogP contribution in [0.15, 0.2) is 23.2 Å². The third-order valence-electron chi connectivity index (χ3n) is 2.55. The lowest BCUT2D eigenvalue weighted by Gasteiger charge is -2.26. The molecule has 1 N–H and O–H groups in total. The third kappa shape index (κ3) is 3.30. The minimum Gasteiger partial charge on any atom is -0.333 e. The quantitative estimate of drug-likeness (QED) is 0.812. The van der Waals surface area contributed by atoms with Gasteiger partial charge in [0, 0.05) is 5.75 Å². The third-order valence-corrected chi connectivity index (χ3v) is 4.06. The Morgan fingerprint density at radius 1 is 1.29 bits per heavy atom. The standard InChI is InChI=1S/C12H14Cl2N2S/c1-12(2)6-7-17-11(16-12)15-10-8(13)4-3-5-9(10)14/h3-5H,6-7H2,1-2H3,(H,15,16). The SMILES string of the molecule is CC1(C)CCSC(Nc2c(Cl)cccc2Cl)=N1. The molecule has 1 heterocycles. The van der Waals surface area contributed by atoms with Crippen molar-refractivity contribution in [1.29, 1.82) is 0 Å². The van der Waals surface area contributed by atoms with Crippen LogP contribution in [0.25, 0.3) is 0 Å². The summed E-state index contributed by atoms with van der Waals surface area (Å²) >= 11 is 13.9. The second-order valence-corrected chi connectivity index (χ2v) is 6.45. The Kier molecular flexibility index (Phi) is 3.91. The van der Waals surface area contributed by atoms with Crippen molar-refractivity contribution in [3.63, 3.8) is 0 Å². The van der Waals surface area contributed by atoms with Crippen LogP contribution < -0.4 is 5.32 Å². The van der Waals surface area contributed by atoms with Gasteiger partial charge in [0.1, 0.15) is 0 Å². The highest BCUT2D eigenvalue weighted by molar-refractivity contribution is 8.14. The van der Waals surface area contributed by atoms with Crippen LogP contribution in [0, 0.1) is 0 Å². The van der Waals surface area contributed by atoms with Crippen molar-refractivity contribution in [2.75, 3.05) is 11.1 Å². The Morgan fingerprint density at radius 2 is 1.94 bits per heavy atom. The average Bonchev–Trinajstić information content (AvgIpc) is 2.22. The number of thioether (sulfide) groups is 1. The normalized spacial score (nSPS) is 18.7. The van der Waals surface area contributed by atoms with Gasteiger partial charge in [-0.25, -0.2) is 0 Å². The smallest absolute Gasteiger partial charge is 0.161 e. The Morgan fingerprint density at radius 3 is 2.53 bits per heavy atom. The van der Waals surface area contributed by atoms with Gasteiger partial charge in [0.05, 0.1) is 21.3 Å². The summed E-state index contributed by atoms with van der Waals surface area (Å²) in [7, 11) is 0. The molecule has 0 fully saturated rings. The molecule has 0 unspecified atom stereocenters. The van der Waals surface area contributed by atoms with Crippen molar-refractivity contribution < 1.29 is 0 Å². The van der Waals surface area contributed by atoms with Crippen LogP contribution in [0.4, 0.5) is 5.69 Å². The zero-order chi connectivity index (χ0) is 12.5. The topological polar surface area (TPSA) is 24.4 Å². The summed E-state index contributed by atoms with van der Waals surface area (Å²) in [6.07, 6.45) is 1.08. The molecule has 0 saturated heterocycles. The number of anilines is 1. The average molecular weight is 289 g/mol. The van der Waals surface area contributed by atoms with Crippen LogP contribution in [0.3, 0.4) is 0 Å². The molecule has 0 atom stereocenters. The van der Waals surface area contributed by atoms with E-state index < -0.39 is 0 Å². The van der Waals surface area contributed by atoms with Crippen LogP contribution in [-0.2, 0) is 0 Å². The zero-order valence-electron chi connectivity index (χ0n) is 9.76. The van der Waals surface area contributed by atoms with Gasteiger partial charge in [0.2, 0.25) is 0 Å². The maximum atomic E-state index is 6.11. The van der Waals surface area contributed by atoms with E-state index in [9.17, 15) is 0 Å². The van der Waals surface area contributed by atoms with E-state index in [1.54, 1.807) is 11.8 Å². The maximum Gasteiger partial charge on any atom is 0.161 e. The molecule has 2 rings (SSSR count). The van der Waals surface area contributed by atoms with Crippen LogP contribution in [0.5, 0.6) is 0 Å². The van der Waals surface area contributed by atoms with Gasteiger partial charge >= 0.3 is 0 Å². The molecule has 1 aromatic rings. The van der Waals surface area contributed by atoms with Gasteiger partial charge in [-0.05, 0) is 32.4 Å². The Labute approximate surface area is 116 Å². The van der Waals surface area contributed by atoms with Gasteiger partial charge in [-0.2, -0.15) is 0 Å². The summed E-state index contributed by atoms with van der Waals surface area (Å²) < 4.78 is 0. The molecular weight excluding hydrogens is 275 g/mol. The zero-order valence-corrected chi connectivity index (χ0v) is 12.1. The largest absolute Gasteiger partial charge is 0.333 e. The monoisotopic (exact) mass is 288 g/mol. The predicted octanol–water partition coefficient (Wildman–Crippen LogP) is 4.68. The molecule has 0 spiro atoms. The van der Waals surface area contributed by atoms with Crippen LogP contribution in [0.2, 0.25) is 10.0 Å². The highest BCUT2D eigenvalue weighted by atomic mass is 35.5. The molecule has 92 valence electrons. The van der Waals surface area contributed by atoms with Crippen molar-refractivity contribution >= 4 is 45.8 Å². The molecule has 0 aliphatic carbocycles. The second kappa shape index (κ2) is 5.09. The van der Waals surface area contributed by atoms with Gasteiger partial charge in [0.25, 0.3) is 0 Å². The number of amidine groups is 1. The molecule has 17 heavy (non-hydrogen) atoms. The van der Waals surface area contributed by atoms with E-state index >= 15 is 0 Å². The number of halogens is 2. The van der Waals surface area contributed by atoms with Crippen LogP contribution in [-0.4, -0.2) is 16.5 Å². The van der Waals surface area contributed by atoms with Crippen molar-refractivity contribution in [2.45, 2.75) is 25.8 Å². The van der Waals surface area contributed by atoms with Crippen LogP contribution in [0.1, 0.15) is 20.3 Å². The number of nitrogens with one attached hydrogen (secondary N) is 1. The summed E-state index contributed by atoms with van der Waals surface area (Å²) in [6.45, 7) is 4.26. The minimum atomic E-state index is -0.0126. The fourth-order valence-corrected chi connectivity index (χ4v) is 3.32. The van der Waals surface area contributed by atoms with Crippen molar-refractivity contribution in [1.82, 2.24) is 0 Å². The van der Waals surface area contributed by atoms with E-state index in [-0.39, 0.29) is 5.54 Å². The molecule has 2 nitrogen and oxygen atoms in total. The highest BCUT2D eigenvalue weighted by Gasteiger charge is 2.23. The van der Waals surface area contributed by atoms with Gasteiger partial charge in [-0.3, -0.25) is 4.99 Å². The predicted molar refractivity (Wildman–Crippen MR) is 78.7 cm³/mol. The molecular formula is C12H14Cl2N2S. The molecule has 1 aliphatic rings. The van der Waals surface area contributed by atoms with E-state index in [1.807, 2.05) is 18.2 Å². The molecule has 0 radical (unpaired) electrons. The lowest BCUT2D eigenvalue weighted by Crippen LogP contribution is -2.27. The molecule has 0 saturated carbocycles. The van der Waals surface area contributed by atoms with Crippen molar-refractivity contribution in [3.8, 4) is 0 Å². The number of aliphatic imine (C=N–C) groups is 1. The van der Waals surface area contributed by atoms with Gasteiger partial charge in [-0.15, -0.1) is 0 Å². The van der Waals surface area contributed by atoms with E-state index in [0.717, 1.165) is 23.0 Å². The Hall–Kier alpha value is -0.380. The Bertz CT molecular complexity index is 438. The Balaban J connectivity index is 2.24. The lowest BCUT2D eigenvalue weighted by atomic mass is 10.0. The summed E-state index contributed by atoms with van der Waals surface area (Å²) in [6, 6.07) is 5.46. The molecule has 5 heteroatoms. The number of nitrogens with zero attached hydrogens (tertiary/aromatic N) is 1. The maximum absolute atomic E-state index is 6.11. The van der Waals surface area contributed by atoms with Crippen molar-refractivity contribution in [2.24, 2.45) is 4.99 Å². The van der Waals surface area contributed by atoms with Gasteiger partial charge in [-0.1, -0.05) is 41.0 Å². The number of para-hydroxylation sites is 1. The van der Waals surface area contributed by atoms with Crippen molar-refractivity contribution in [3.05, 3.63) is 28.2 Å². The molecule has 1 aliphatic heterocycles. The summed E-state index contributed by atoms with van der Waals surface area (Å²) in [5.74, 6) is 1.06. The first kappa shape index (κ1) is 13.1. The van der Waals surface area contributed by atoms with E-state index in [4.69, 9.17) is 23.2 Å².